The topological polar surface area (TPSA) is 85.0 Å². The average molecular weight is 303 g/mol. The van der Waals surface area contributed by atoms with E-state index in [-0.39, 0.29) is 11.9 Å². The molecule has 118 valence electrons. The molecule has 7 heteroatoms. The lowest BCUT2D eigenvalue weighted by Gasteiger charge is -2.29. The second-order valence-corrected chi connectivity index (χ2v) is 5.88. The van der Waals surface area contributed by atoms with Gasteiger partial charge in [0.25, 0.3) is 5.91 Å². The quantitative estimate of drug-likeness (QED) is 0.887. The molecule has 2 N–H and O–H groups in total. The Morgan fingerprint density at radius 3 is 3.05 bits per heavy atom. The van der Waals surface area contributed by atoms with E-state index in [4.69, 9.17) is 4.42 Å². The molecule has 7 nitrogen and oxygen atoms in total. The van der Waals surface area contributed by atoms with Crippen LogP contribution in [0.25, 0.3) is 11.5 Å². The highest BCUT2D eigenvalue weighted by Gasteiger charge is 2.26. The van der Waals surface area contributed by atoms with Crippen molar-refractivity contribution < 1.29 is 9.21 Å². The molecule has 1 saturated heterocycles. The number of rotatable bonds is 3. The van der Waals surface area contributed by atoms with E-state index < -0.39 is 0 Å². The number of carbonyl (C=O) groups excluding carboxylic acids is 1. The van der Waals surface area contributed by atoms with Crippen LogP contribution in [0.4, 0.5) is 0 Å². The minimum absolute atomic E-state index is 0.171. The zero-order chi connectivity index (χ0) is 15.7. The summed E-state index contributed by atoms with van der Waals surface area (Å²) in [6.07, 6.45) is 4.41. The molecule has 1 aliphatic rings. The molecular weight excluding hydrogens is 282 g/mol. The Balaban J connectivity index is 1.76. The van der Waals surface area contributed by atoms with Gasteiger partial charge in [-0.15, -0.1) is 0 Å². The summed E-state index contributed by atoms with van der Waals surface area (Å²) in [5.41, 5.74) is 1.12. The van der Waals surface area contributed by atoms with Crippen LogP contribution in [0.1, 0.15) is 29.6 Å². The summed E-state index contributed by atoms with van der Waals surface area (Å²) in [7, 11) is 1.82. The maximum absolute atomic E-state index is 12.5. The number of amides is 1. The second-order valence-electron chi connectivity index (χ2n) is 5.88. The van der Waals surface area contributed by atoms with Crippen molar-refractivity contribution in [3.8, 4) is 11.5 Å². The number of hydrogen-bond donors (Lipinski definition) is 2. The lowest BCUT2D eigenvalue weighted by atomic mass is 9.95. The smallest absolute Gasteiger partial charge is 0.273 e. The van der Waals surface area contributed by atoms with Crippen molar-refractivity contribution in [1.82, 2.24) is 25.4 Å². The molecule has 22 heavy (non-hydrogen) atoms. The monoisotopic (exact) mass is 303 g/mol. The molecule has 0 spiro atoms. The van der Waals surface area contributed by atoms with Gasteiger partial charge in [-0.1, -0.05) is 6.92 Å². The number of oxazole rings is 1. The van der Waals surface area contributed by atoms with Crippen molar-refractivity contribution in [2.75, 3.05) is 13.1 Å². The van der Waals surface area contributed by atoms with Gasteiger partial charge in [0.1, 0.15) is 5.76 Å². The number of nitrogens with zero attached hydrogens (tertiary/aromatic N) is 3. The summed E-state index contributed by atoms with van der Waals surface area (Å²) >= 11 is 0. The Labute approximate surface area is 129 Å². The van der Waals surface area contributed by atoms with E-state index in [1.54, 1.807) is 17.8 Å². The van der Waals surface area contributed by atoms with Crippen molar-refractivity contribution in [2.45, 2.75) is 26.3 Å². The highest BCUT2D eigenvalue weighted by atomic mass is 16.4. The molecular formula is C15H21N5O2. The van der Waals surface area contributed by atoms with Gasteiger partial charge in [-0.3, -0.25) is 9.48 Å². The highest BCUT2D eigenvalue weighted by Crippen LogP contribution is 2.21. The first kappa shape index (κ1) is 14.8. The van der Waals surface area contributed by atoms with Crippen molar-refractivity contribution in [3.05, 3.63) is 23.8 Å². The van der Waals surface area contributed by atoms with E-state index in [2.05, 4.69) is 27.6 Å². The molecule has 2 aromatic heterocycles. The zero-order valence-electron chi connectivity index (χ0n) is 13.1. The third kappa shape index (κ3) is 2.89. The maximum atomic E-state index is 12.5. The maximum Gasteiger partial charge on any atom is 0.273 e. The normalized spacial score (nSPS) is 21.8. The molecule has 1 aliphatic heterocycles. The van der Waals surface area contributed by atoms with E-state index in [1.807, 2.05) is 13.2 Å². The second kappa shape index (κ2) is 5.92. The SMILES string of the molecule is Cc1oc(-c2cnn(C)c2)nc1C(=O)NC1CCNCC1C. The van der Waals surface area contributed by atoms with Crippen LogP contribution in [0, 0.1) is 12.8 Å². The molecule has 0 radical (unpaired) electrons. The van der Waals surface area contributed by atoms with Crippen molar-refractivity contribution >= 4 is 5.91 Å². The largest absolute Gasteiger partial charge is 0.440 e. The predicted molar refractivity (Wildman–Crippen MR) is 81.3 cm³/mol. The van der Waals surface area contributed by atoms with Gasteiger partial charge in [-0.05, 0) is 32.4 Å². The van der Waals surface area contributed by atoms with Gasteiger partial charge < -0.3 is 15.1 Å². The third-order valence-corrected chi connectivity index (χ3v) is 4.07. The summed E-state index contributed by atoms with van der Waals surface area (Å²) in [4.78, 5) is 16.8. The predicted octanol–water partition coefficient (Wildman–Crippen LogP) is 1.11. The molecule has 3 rings (SSSR count). The van der Waals surface area contributed by atoms with Crippen LogP contribution in [0.3, 0.4) is 0 Å². The first-order valence-electron chi connectivity index (χ1n) is 7.52. The number of hydrogen-bond acceptors (Lipinski definition) is 5. The molecule has 1 amide bonds. The molecule has 2 unspecified atom stereocenters. The van der Waals surface area contributed by atoms with Crippen LogP contribution in [-0.2, 0) is 7.05 Å². The molecule has 0 saturated carbocycles. The highest BCUT2D eigenvalue weighted by molar-refractivity contribution is 5.93. The van der Waals surface area contributed by atoms with Gasteiger partial charge in [0, 0.05) is 19.3 Å². The molecule has 0 aromatic carbocycles. The fourth-order valence-electron chi connectivity index (χ4n) is 2.73. The van der Waals surface area contributed by atoms with Crippen molar-refractivity contribution in [1.29, 1.82) is 0 Å². The van der Waals surface area contributed by atoms with Crippen LogP contribution < -0.4 is 10.6 Å². The molecule has 3 heterocycles. The van der Waals surface area contributed by atoms with Crippen LogP contribution in [0.2, 0.25) is 0 Å². The minimum atomic E-state index is -0.171. The van der Waals surface area contributed by atoms with Gasteiger partial charge in [0.15, 0.2) is 5.69 Å². The van der Waals surface area contributed by atoms with E-state index in [0.717, 1.165) is 25.1 Å². The number of nitrogens with one attached hydrogen (secondary N) is 2. The van der Waals surface area contributed by atoms with Gasteiger partial charge in [-0.2, -0.15) is 5.10 Å². The number of carbonyl (C=O) groups is 1. The van der Waals surface area contributed by atoms with E-state index in [0.29, 0.717) is 23.3 Å². The molecule has 1 fully saturated rings. The molecule has 0 aliphatic carbocycles. The van der Waals surface area contributed by atoms with Gasteiger partial charge >= 0.3 is 0 Å². The number of aromatic nitrogens is 3. The number of aryl methyl sites for hydroxylation is 2. The van der Waals surface area contributed by atoms with Gasteiger partial charge in [-0.25, -0.2) is 4.98 Å². The summed E-state index contributed by atoms with van der Waals surface area (Å²) in [5, 5.41) is 10.5. The Morgan fingerprint density at radius 1 is 1.55 bits per heavy atom. The van der Waals surface area contributed by atoms with Crippen LogP contribution in [0.5, 0.6) is 0 Å². The first-order chi connectivity index (χ1) is 10.5. The van der Waals surface area contributed by atoms with Gasteiger partial charge in [0.05, 0.1) is 11.8 Å². The van der Waals surface area contributed by atoms with Gasteiger partial charge in [0.2, 0.25) is 5.89 Å². The van der Waals surface area contributed by atoms with Crippen molar-refractivity contribution in [2.24, 2.45) is 13.0 Å². The van der Waals surface area contributed by atoms with Crippen LogP contribution in [0.15, 0.2) is 16.8 Å². The van der Waals surface area contributed by atoms with E-state index in [9.17, 15) is 4.79 Å². The van der Waals surface area contributed by atoms with Crippen LogP contribution >= 0.6 is 0 Å². The van der Waals surface area contributed by atoms with E-state index >= 15 is 0 Å². The lowest BCUT2D eigenvalue weighted by Crippen LogP contribution is -2.48. The van der Waals surface area contributed by atoms with Crippen LogP contribution in [-0.4, -0.2) is 39.8 Å². The third-order valence-electron chi connectivity index (χ3n) is 4.07. The van der Waals surface area contributed by atoms with E-state index in [1.165, 1.54) is 0 Å². The minimum Gasteiger partial charge on any atom is -0.440 e. The first-order valence-corrected chi connectivity index (χ1v) is 7.52. The summed E-state index contributed by atoms with van der Waals surface area (Å²) in [5.74, 6) is 1.19. The Bertz CT molecular complexity index is 675. The fourth-order valence-corrected chi connectivity index (χ4v) is 2.73. The summed E-state index contributed by atoms with van der Waals surface area (Å²) in [6, 6.07) is 0.173. The Kier molecular flexibility index (Phi) is 3.98. The zero-order valence-corrected chi connectivity index (χ0v) is 13.1. The molecule has 0 bridgehead atoms. The molecule has 2 atom stereocenters. The van der Waals surface area contributed by atoms with Crippen molar-refractivity contribution in [3.63, 3.8) is 0 Å². The summed E-state index contributed by atoms with van der Waals surface area (Å²) < 4.78 is 7.29. The Hall–Kier alpha value is -2.15. The Morgan fingerprint density at radius 2 is 2.36 bits per heavy atom. The average Bonchev–Trinajstić information content (AvgIpc) is 3.07. The standard InChI is InChI=1S/C15H21N5O2/c1-9-6-16-5-4-12(9)18-14(21)13-10(2)22-15(19-13)11-7-17-20(3)8-11/h7-9,12,16H,4-6H2,1-3H3,(H,18,21). The number of piperidine rings is 1. The lowest BCUT2D eigenvalue weighted by molar-refractivity contribution is 0.0908. The summed E-state index contributed by atoms with van der Waals surface area (Å²) in [6.45, 7) is 5.74. The fraction of sp³-hybridized carbons (Fsp3) is 0.533. The molecule has 2 aromatic rings.